The lowest BCUT2D eigenvalue weighted by atomic mass is 10.2. The molecule has 0 aliphatic carbocycles. The van der Waals surface area contributed by atoms with E-state index in [0.29, 0.717) is 11.6 Å². The topological polar surface area (TPSA) is 55.2 Å². The lowest BCUT2D eigenvalue weighted by Gasteiger charge is -2.07. The molecule has 0 saturated heterocycles. The van der Waals surface area contributed by atoms with Gasteiger partial charge in [-0.3, -0.25) is 10.1 Å². The van der Waals surface area contributed by atoms with Crippen molar-refractivity contribution in [2.75, 3.05) is 5.32 Å². The number of anilines is 1. The normalized spacial score (nSPS) is 10.2. The summed E-state index contributed by atoms with van der Waals surface area (Å²) in [6, 6.07) is 10.5. The fourth-order valence-electron chi connectivity index (χ4n) is 1.60. The largest absolute Gasteiger partial charge is 0.375 e. The van der Waals surface area contributed by atoms with Crippen molar-refractivity contribution in [2.45, 2.75) is 6.54 Å². The summed E-state index contributed by atoms with van der Waals surface area (Å²) in [6.07, 6.45) is 0. The van der Waals surface area contributed by atoms with E-state index in [1.54, 1.807) is 12.1 Å². The molecule has 0 bridgehead atoms. The molecule has 6 heteroatoms. The SMILES string of the molecule is O=[N+]([O-])c1cc(F)ccc1NCc1ccc(Cl)cc1. The number of nitro groups is 1. The zero-order chi connectivity index (χ0) is 13.8. The van der Waals surface area contributed by atoms with E-state index < -0.39 is 10.7 Å². The highest BCUT2D eigenvalue weighted by Gasteiger charge is 2.14. The van der Waals surface area contributed by atoms with Crippen LogP contribution >= 0.6 is 11.6 Å². The Morgan fingerprint density at radius 2 is 1.89 bits per heavy atom. The fraction of sp³-hybridized carbons (Fsp3) is 0.0769. The molecule has 0 saturated carbocycles. The predicted octanol–water partition coefficient (Wildman–Crippen LogP) is 4.00. The van der Waals surface area contributed by atoms with Gasteiger partial charge in [-0.1, -0.05) is 23.7 Å². The molecule has 98 valence electrons. The van der Waals surface area contributed by atoms with Crippen LogP contribution in [0.15, 0.2) is 42.5 Å². The van der Waals surface area contributed by atoms with E-state index in [0.717, 1.165) is 11.6 Å². The zero-order valence-electron chi connectivity index (χ0n) is 9.77. The van der Waals surface area contributed by atoms with Crippen LogP contribution in [0.5, 0.6) is 0 Å². The van der Waals surface area contributed by atoms with Gasteiger partial charge < -0.3 is 5.32 Å². The highest BCUT2D eigenvalue weighted by Crippen LogP contribution is 2.25. The maximum atomic E-state index is 13.0. The van der Waals surface area contributed by atoms with Crippen LogP contribution in [0, 0.1) is 15.9 Å². The van der Waals surface area contributed by atoms with Crippen LogP contribution in [0.4, 0.5) is 15.8 Å². The average molecular weight is 281 g/mol. The Balaban J connectivity index is 2.15. The van der Waals surface area contributed by atoms with Gasteiger partial charge in [-0.25, -0.2) is 4.39 Å². The van der Waals surface area contributed by atoms with Crippen molar-refractivity contribution in [1.29, 1.82) is 0 Å². The zero-order valence-corrected chi connectivity index (χ0v) is 10.5. The van der Waals surface area contributed by atoms with Gasteiger partial charge in [0, 0.05) is 11.6 Å². The molecule has 0 fully saturated rings. The minimum atomic E-state index is -0.635. The molecule has 19 heavy (non-hydrogen) atoms. The van der Waals surface area contributed by atoms with Gasteiger partial charge in [0.2, 0.25) is 0 Å². The van der Waals surface area contributed by atoms with Crippen LogP contribution in [-0.2, 0) is 6.54 Å². The number of halogens is 2. The van der Waals surface area contributed by atoms with Gasteiger partial charge >= 0.3 is 0 Å². The van der Waals surface area contributed by atoms with Crippen LogP contribution < -0.4 is 5.32 Å². The van der Waals surface area contributed by atoms with Crippen molar-refractivity contribution in [1.82, 2.24) is 0 Å². The first-order valence-corrected chi connectivity index (χ1v) is 5.86. The first kappa shape index (κ1) is 13.3. The van der Waals surface area contributed by atoms with Crippen LogP contribution in [-0.4, -0.2) is 4.92 Å². The molecule has 0 aliphatic rings. The number of benzene rings is 2. The Labute approximate surface area is 114 Å². The van der Waals surface area contributed by atoms with Gasteiger partial charge in [-0.15, -0.1) is 0 Å². The van der Waals surface area contributed by atoms with E-state index in [1.165, 1.54) is 12.1 Å². The van der Waals surface area contributed by atoms with Crippen molar-refractivity contribution in [2.24, 2.45) is 0 Å². The second kappa shape index (κ2) is 5.67. The molecule has 0 aliphatic heterocycles. The number of hydrogen-bond donors (Lipinski definition) is 1. The maximum Gasteiger partial charge on any atom is 0.295 e. The molecule has 0 aromatic heterocycles. The molecule has 2 rings (SSSR count). The Kier molecular flexibility index (Phi) is 3.97. The third-order valence-electron chi connectivity index (χ3n) is 2.55. The third-order valence-corrected chi connectivity index (χ3v) is 2.80. The number of nitrogens with zero attached hydrogens (tertiary/aromatic N) is 1. The fourth-order valence-corrected chi connectivity index (χ4v) is 1.73. The van der Waals surface area contributed by atoms with Crippen molar-refractivity contribution in [3.05, 3.63) is 69.0 Å². The van der Waals surface area contributed by atoms with E-state index in [1.807, 2.05) is 12.1 Å². The Morgan fingerprint density at radius 1 is 1.21 bits per heavy atom. The summed E-state index contributed by atoms with van der Waals surface area (Å²) in [5.41, 5.74) is 0.915. The summed E-state index contributed by atoms with van der Waals surface area (Å²) in [5, 5.41) is 14.3. The van der Waals surface area contributed by atoms with Crippen molar-refractivity contribution >= 4 is 23.0 Å². The number of nitrogens with one attached hydrogen (secondary N) is 1. The highest BCUT2D eigenvalue weighted by molar-refractivity contribution is 6.30. The molecule has 0 amide bonds. The minimum Gasteiger partial charge on any atom is -0.375 e. The number of hydrogen-bond acceptors (Lipinski definition) is 3. The first-order valence-electron chi connectivity index (χ1n) is 5.48. The average Bonchev–Trinajstić information content (AvgIpc) is 2.39. The Morgan fingerprint density at radius 3 is 2.53 bits per heavy atom. The van der Waals surface area contributed by atoms with E-state index in [4.69, 9.17) is 11.6 Å². The molecule has 1 N–H and O–H groups in total. The second-order valence-corrected chi connectivity index (χ2v) is 4.34. The molecule has 0 spiro atoms. The van der Waals surface area contributed by atoms with E-state index in [-0.39, 0.29) is 11.4 Å². The molecule has 0 unspecified atom stereocenters. The molecule has 2 aromatic carbocycles. The Hall–Kier alpha value is -2.14. The molecule has 4 nitrogen and oxygen atoms in total. The minimum absolute atomic E-state index is 0.279. The van der Waals surface area contributed by atoms with Crippen LogP contribution in [0.2, 0.25) is 5.02 Å². The van der Waals surface area contributed by atoms with Crippen molar-refractivity contribution in [3.8, 4) is 0 Å². The van der Waals surface area contributed by atoms with Crippen LogP contribution in [0.25, 0.3) is 0 Å². The summed E-state index contributed by atoms with van der Waals surface area (Å²) in [6.45, 7) is 0.393. The smallest absolute Gasteiger partial charge is 0.295 e. The highest BCUT2D eigenvalue weighted by atomic mass is 35.5. The van der Waals surface area contributed by atoms with Gasteiger partial charge in [-0.2, -0.15) is 0 Å². The molecular weight excluding hydrogens is 271 g/mol. The van der Waals surface area contributed by atoms with E-state index in [2.05, 4.69) is 5.32 Å². The first-order chi connectivity index (χ1) is 9.06. The third kappa shape index (κ3) is 3.42. The summed E-state index contributed by atoms with van der Waals surface area (Å²) in [5.74, 6) is -0.635. The summed E-state index contributed by atoms with van der Waals surface area (Å²) < 4.78 is 13.0. The molecule has 0 atom stereocenters. The summed E-state index contributed by atoms with van der Waals surface area (Å²) >= 11 is 5.76. The van der Waals surface area contributed by atoms with Gasteiger partial charge in [0.15, 0.2) is 0 Å². The van der Waals surface area contributed by atoms with E-state index in [9.17, 15) is 14.5 Å². The molecule has 2 aromatic rings. The predicted molar refractivity (Wildman–Crippen MR) is 71.8 cm³/mol. The lowest BCUT2D eigenvalue weighted by Crippen LogP contribution is -2.02. The van der Waals surface area contributed by atoms with Gasteiger partial charge in [0.1, 0.15) is 11.5 Å². The Bertz CT molecular complexity index is 602. The standard InChI is InChI=1S/C13H10ClFN2O2/c14-10-3-1-9(2-4-10)8-16-12-6-5-11(15)7-13(12)17(18)19/h1-7,16H,8H2. The molecular formula is C13H10ClFN2O2. The van der Waals surface area contributed by atoms with Gasteiger partial charge in [-0.05, 0) is 29.8 Å². The van der Waals surface area contributed by atoms with Crippen LogP contribution in [0.1, 0.15) is 5.56 Å². The monoisotopic (exact) mass is 280 g/mol. The van der Waals surface area contributed by atoms with Gasteiger partial charge in [0.25, 0.3) is 5.69 Å². The quantitative estimate of drug-likeness (QED) is 0.680. The number of rotatable bonds is 4. The van der Waals surface area contributed by atoms with Crippen LogP contribution in [0.3, 0.4) is 0 Å². The molecule has 0 heterocycles. The lowest BCUT2D eigenvalue weighted by molar-refractivity contribution is -0.384. The molecule has 0 radical (unpaired) electrons. The maximum absolute atomic E-state index is 13.0. The summed E-state index contributed by atoms with van der Waals surface area (Å²) in [4.78, 5) is 10.2. The van der Waals surface area contributed by atoms with Crippen molar-refractivity contribution in [3.63, 3.8) is 0 Å². The second-order valence-electron chi connectivity index (χ2n) is 3.90. The summed E-state index contributed by atoms with van der Waals surface area (Å²) in [7, 11) is 0. The number of nitro benzene ring substituents is 1. The van der Waals surface area contributed by atoms with Gasteiger partial charge in [0.05, 0.1) is 11.0 Å². The van der Waals surface area contributed by atoms with E-state index >= 15 is 0 Å². The van der Waals surface area contributed by atoms with Crippen molar-refractivity contribution < 1.29 is 9.31 Å².